The molecule has 1 atom stereocenters. The first-order valence-corrected chi connectivity index (χ1v) is 5.60. The van der Waals surface area contributed by atoms with E-state index >= 15 is 0 Å². The lowest BCUT2D eigenvalue weighted by Crippen LogP contribution is -2.25. The van der Waals surface area contributed by atoms with Crippen LogP contribution in [0.3, 0.4) is 0 Å². The first-order chi connectivity index (χ1) is 7.24. The highest BCUT2D eigenvalue weighted by Crippen LogP contribution is 2.10. The van der Waals surface area contributed by atoms with Crippen molar-refractivity contribution in [2.45, 2.75) is 32.2 Å². The fraction of sp³-hybridized carbons (Fsp3) is 0.429. The van der Waals surface area contributed by atoms with E-state index in [1.807, 2.05) is 7.05 Å². The molecule has 1 heteroatoms. The summed E-state index contributed by atoms with van der Waals surface area (Å²) in [4.78, 5) is 0. The maximum Gasteiger partial charge on any atom is 0.0271 e. The molecule has 0 fully saturated rings. The zero-order chi connectivity index (χ0) is 11.1. The van der Waals surface area contributed by atoms with Gasteiger partial charge in [0.25, 0.3) is 0 Å². The first kappa shape index (κ1) is 12.0. The van der Waals surface area contributed by atoms with Crippen LogP contribution in [0.2, 0.25) is 0 Å². The van der Waals surface area contributed by atoms with Crippen LogP contribution in [0.15, 0.2) is 42.5 Å². The zero-order valence-corrected chi connectivity index (χ0v) is 9.79. The van der Waals surface area contributed by atoms with Gasteiger partial charge in [-0.05, 0) is 38.8 Å². The Kier molecular flexibility index (Phi) is 5.13. The van der Waals surface area contributed by atoms with E-state index < -0.39 is 0 Å². The second-order valence-electron chi connectivity index (χ2n) is 4.07. The molecule has 0 saturated heterocycles. The summed E-state index contributed by atoms with van der Waals surface area (Å²) in [6, 6.07) is 11.1. The highest BCUT2D eigenvalue weighted by Gasteiger charge is 2.05. The minimum absolute atomic E-state index is 0.466. The molecule has 0 amide bonds. The van der Waals surface area contributed by atoms with Crippen molar-refractivity contribution in [2.24, 2.45) is 0 Å². The molecule has 1 nitrogen and oxygen atoms in total. The summed E-state index contributed by atoms with van der Waals surface area (Å²) >= 11 is 0. The van der Waals surface area contributed by atoms with Crippen LogP contribution >= 0.6 is 0 Å². The number of benzene rings is 1. The van der Waals surface area contributed by atoms with E-state index in [0.29, 0.717) is 6.04 Å². The fourth-order valence-corrected chi connectivity index (χ4v) is 1.79. The standard InChI is InChI=1S/C14H21N/c1-12(2)14(15-3)11-7-10-13-8-5-4-6-9-13/h4-6,8-9,14-15H,1,7,10-11H2,2-3H3. The van der Waals surface area contributed by atoms with E-state index in [1.54, 1.807) is 0 Å². The van der Waals surface area contributed by atoms with Crippen molar-refractivity contribution in [1.29, 1.82) is 0 Å². The minimum Gasteiger partial charge on any atom is -0.313 e. The third kappa shape index (κ3) is 4.30. The summed E-state index contributed by atoms with van der Waals surface area (Å²) in [6.07, 6.45) is 3.54. The zero-order valence-electron chi connectivity index (χ0n) is 9.79. The summed E-state index contributed by atoms with van der Waals surface area (Å²) < 4.78 is 0. The van der Waals surface area contributed by atoms with E-state index in [9.17, 15) is 0 Å². The largest absolute Gasteiger partial charge is 0.313 e. The molecule has 0 aromatic heterocycles. The maximum atomic E-state index is 3.99. The van der Waals surface area contributed by atoms with Crippen LogP contribution in [0, 0.1) is 0 Å². The average Bonchev–Trinajstić information content (AvgIpc) is 2.25. The minimum atomic E-state index is 0.466. The molecule has 1 aromatic carbocycles. The molecule has 0 spiro atoms. The Bertz CT molecular complexity index is 289. The van der Waals surface area contributed by atoms with Gasteiger partial charge in [-0.15, -0.1) is 0 Å². The molecular weight excluding hydrogens is 182 g/mol. The smallest absolute Gasteiger partial charge is 0.0271 e. The Morgan fingerprint density at radius 3 is 2.53 bits per heavy atom. The SMILES string of the molecule is C=C(C)C(CCCc1ccccc1)NC. The summed E-state index contributed by atoms with van der Waals surface area (Å²) in [5.74, 6) is 0. The van der Waals surface area contributed by atoms with Crippen LogP contribution in [0.1, 0.15) is 25.3 Å². The predicted octanol–water partition coefficient (Wildman–Crippen LogP) is 3.17. The van der Waals surface area contributed by atoms with Gasteiger partial charge in [-0.3, -0.25) is 0 Å². The predicted molar refractivity (Wildman–Crippen MR) is 67.0 cm³/mol. The van der Waals surface area contributed by atoms with Gasteiger partial charge in [0.1, 0.15) is 0 Å². The van der Waals surface area contributed by atoms with Gasteiger partial charge in [0.05, 0.1) is 0 Å². The summed E-state index contributed by atoms with van der Waals surface area (Å²) in [6.45, 7) is 6.08. The van der Waals surface area contributed by atoms with Crippen LogP contribution in [0.25, 0.3) is 0 Å². The molecule has 0 aliphatic rings. The maximum absolute atomic E-state index is 3.99. The van der Waals surface area contributed by atoms with E-state index in [2.05, 4.69) is 49.2 Å². The number of likely N-dealkylation sites (N-methyl/N-ethyl adjacent to an activating group) is 1. The third-order valence-corrected chi connectivity index (χ3v) is 2.74. The Morgan fingerprint density at radius 2 is 2.00 bits per heavy atom. The van der Waals surface area contributed by atoms with Gasteiger partial charge in [0.2, 0.25) is 0 Å². The van der Waals surface area contributed by atoms with E-state index in [1.165, 1.54) is 24.0 Å². The van der Waals surface area contributed by atoms with Crippen molar-refractivity contribution in [1.82, 2.24) is 5.32 Å². The van der Waals surface area contributed by atoms with Gasteiger partial charge in [-0.25, -0.2) is 0 Å². The van der Waals surface area contributed by atoms with Gasteiger partial charge in [-0.2, -0.15) is 0 Å². The summed E-state index contributed by atoms with van der Waals surface area (Å²) in [5.41, 5.74) is 2.65. The molecular formula is C14H21N. The molecule has 0 aliphatic carbocycles. The molecule has 1 aromatic rings. The van der Waals surface area contributed by atoms with Gasteiger partial charge < -0.3 is 5.32 Å². The first-order valence-electron chi connectivity index (χ1n) is 5.60. The van der Waals surface area contributed by atoms with Crippen molar-refractivity contribution in [3.05, 3.63) is 48.0 Å². The molecule has 1 rings (SSSR count). The van der Waals surface area contributed by atoms with Crippen molar-refractivity contribution < 1.29 is 0 Å². The Labute approximate surface area is 93.2 Å². The topological polar surface area (TPSA) is 12.0 Å². The number of nitrogens with one attached hydrogen (secondary N) is 1. The molecule has 0 heterocycles. The lowest BCUT2D eigenvalue weighted by molar-refractivity contribution is 0.563. The fourth-order valence-electron chi connectivity index (χ4n) is 1.79. The van der Waals surface area contributed by atoms with Crippen molar-refractivity contribution >= 4 is 0 Å². The number of aryl methyl sites for hydroxylation is 1. The molecule has 0 radical (unpaired) electrons. The Morgan fingerprint density at radius 1 is 1.33 bits per heavy atom. The van der Waals surface area contributed by atoms with Gasteiger partial charge >= 0.3 is 0 Å². The number of rotatable bonds is 6. The van der Waals surface area contributed by atoms with Crippen molar-refractivity contribution in [3.63, 3.8) is 0 Å². The normalized spacial score (nSPS) is 12.4. The molecule has 82 valence electrons. The molecule has 1 unspecified atom stereocenters. The second kappa shape index (κ2) is 6.41. The molecule has 0 saturated carbocycles. The molecule has 0 bridgehead atoms. The van der Waals surface area contributed by atoms with Crippen molar-refractivity contribution in [2.75, 3.05) is 7.05 Å². The number of hydrogen-bond acceptors (Lipinski definition) is 1. The van der Waals surface area contributed by atoms with Gasteiger partial charge in [0.15, 0.2) is 0 Å². The van der Waals surface area contributed by atoms with E-state index in [4.69, 9.17) is 0 Å². The number of hydrogen-bond donors (Lipinski definition) is 1. The third-order valence-electron chi connectivity index (χ3n) is 2.74. The second-order valence-corrected chi connectivity index (χ2v) is 4.07. The van der Waals surface area contributed by atoms with Gasteiger partial charge in [0, 0.05) is 6.04 Å². The Hall–Kier alpha value is -1.08. The molecule has 15 heavy (non-hydrogen) atoms. The molecule has 1 N–H and O–H groups in total. The van der Waals surface area contributed by atoms with E-state index in [0.717, 1.165) is 6.42 Å². The van der Waals surface area contributed by atoms with Gasteiger partial charge in [-0.1, -0.05) is 42.5 Å². The average molecular weight is 203 g/mol. The lowest BCUT2D eigenvalue weighted by atomic mass is 10.0. The van der Waals surface area contributed by atoms with Crippen LogP contribution in [0.5, 0.6) is 0 Å². The van der Waals surface area contributed by atoms with Crippen molar-refractivity contribution in [3.8, 4) is 0 Å². The quantitative estimate of drug-likeness (QED) is 0.700. The highest BCUT2D eigenvalue weighted by atomic mass is 14.9. The highest BCUT2D eigenvalue weighted by molar-refractivity contribution is 5.14. The lowest BCUT2D eigenvalue weighted by Gasteiger charge is -2.15. The van der Waals surface area contributed by atoms with E-state index in [-0.39, 0.29) is 0 Å². The molecule has 0 aliphatic heterocycles. The van der Waals surface area contributed by atoms with Crippen LogP contribution in [-0.2, 0) is 6.42 Å². The van der Waals surface area contributed by atoms with Crippen LogP contribution in [-0.4, -0.2) is 13.1 Å². The van der Waals surface area contributed by atoms with Crippen LogP contribution in [0.4, 0.5) is 0 Å². The summed E-state index contributed by atoms with van der Waals surface area (Å²) in [7, 11) is 2.00. The summed E-state index contributed by atoms with van der Waals surface area (Å²) in [5, 5.41) is 3.29. The monoisotopic (exact) mass is 203 g/mol. The Balaban J connectivity index is 2.30. The van der Waals surface area contributed by atoms with Crippen LogP contribution < -0.4 is 5.32 Å².